The molecule has 0 aliphatic heterocycles. The summed E-state index contributed by atoms with van der Waals surface area (Å²) in [5, 5.41) is 0. The Morgan fingerprint density at radius 1 is 1.07 bits per heavy atom. The summed E-state index contributed by atoms with van der Waals surface area (Å²) in [4.78, 5) is 14.7. The van der Waals surface area contributed by atoms with Gasteiger partial charge in [0.05, 0.1) is 4.90 Å². The highest BCUT2D eigenvalue weighted by atomic mass is 32.2. The first kappa shape index (κ1) is 23.0. The van der Waals surface area contributed by atoms with Gasteiger partial charge in [-0.1, -0.05) is 37.3 Å². The van der Waals surface area contributed by atoms with E-state index in [2.05, 4.69) is 0 Å². The Bertz CT molecular complexity index is 886. The van der Waals surface area contributed by atoms with Gasteiger partial charge in [-0.25, -0.2) is 17.1 Å². The van der Waals surface area contributed by atoms with E-state index in [1.54, 1.807) is 0 Å². The number of nitrogens with zero attached hydrogens (tertiary/aromatic N) is 2. The van der Waals surface area contributed by atoms with Gasteiger partial charge in [0.25, 0.3) is 0 Å². The third kappa shape index (κ3) is 6.37. The first-order valence-electron chi connectivity index (χ1n) is 9.81. The summed E-state index contributed by atoms with van der Waals surface area (Å²) in [5.41, 5.74) is 1.07. The number of carbonyl (C=O) groups is 1. The van der Waals surface area contributed by atoms with Crippen molar-refractivity contribution in [2.75, 3.05) is 13.6 Å². The van der Waals surface area contributed by atoms with Crippen molar-refractivity contribution in [1.29, 1.82) is 0 Å². The molecule has 1 unspecified atom stereocenters. The van der Waals surface area contributed by atoms with Crippen LogP contribution in [0.3, 0.4) is 0 Å². The highest BCUT2D eigenvalue weighted by molar-refractivity contribution is 7.89. The lowest BCUT2D eigenvalue weighted by Crippen LogP contribution is -2.38. The third-order valence-electron chi connectivity index (χ3n) is 5.02. The van der Waals surface area contributed by atoms with E-state index in [0.717, 1.165) is 24.1 Å². The average molecular weight is 421 g/mol. The number of hydrogen-bond donors (Lipinski definition) is 0. The third-order valence-corrected chi connectivity index (χ3v) is 6.90. The maximum Gasteiger partial charge on any atom is 0.242 e. The van der Waals surface area contributed by atoms with Crippen LogP contribution in [0.4, 0.5) is 4.39 Å². The largest absolute Gasteiger partial charge is 0.336 e. The second kappa shape index (κ2) is 10.5. The normalized spacial score (nSPS) is 12.7. The Morgan fingerprint density at radius 3 is 2.28 bits per heavy atom. The molecule has 0 saturated heterocycles. The molecule has 0 bridgehead atoms. The van der Waals surface area contributed by atoms with Crippen LogP contribution in [0.15, 0.2) is 59.5 Å². The second-order valence-electron chi connectivity index (χ2n) is 7.15. The number of halogens is 1. The fourth-order valence-electron chi connectivity index (χ4n) is 2.99. The molecular formula is C22H29FN2O3S. The number of carbonyl (C=O) groups excluding carboxylic acids is 1. The maximum absolute atomic E-state index is 13.0. The van der Waals surface area contributed by atoms with Crippen LogP contribution < -0.4 is 0 Å². The van der Waals surface area contributed by atoms with E-state index in [1.807, 2.05) is 49.1 Å². The van der Waals surface area contributed by atoms with E-state index < -0.39 is 15.8 Å². The lowest BCUT2D eigenvalue weighted by molar-refractivity contribution is -0.134. The molecule has 2 rings (SSSR count). The van der Waals surface area contributed by atoms with E-state index in [4.69, 9.17) is 0 Å². The lowest BCUT2D eigenvalue weighted by atomic mass is 10.1. The average Bonchev–Trinajstić information content (AvgIpc) is 2.72. The summed E-state index contributed by atoms with van der Waals surface area (Å²) in [5.74, 6) is -0.475. The zero-order valence-corrected chi connectivity index (χ0v) is 18.0. The van der Waals surface area contributed by atoms with Gasteiger partial charge in [-0.2, -0.15) is 0 Å². The van der Waals surface area contributed by atoms with Crippen LogP contribution in [0.1, 0.15) is 38.7 Å². The van der Waals surface area contributed by atoms with Crippen LogP contribution in [-0.2, 0) is 21.4 Å². The molecule has 0 N–H and O–H groups in total. The molecule has 29 heavy (non-hydrogen) atoms. The van der Waals surface area contributed by atoms with Gasteiger partial charge < -0.3 is 4.90 Å². The van der Waals surface area contributed by atoms with Gasteiger partial charge >= 0.3 is 0 Å². The van der Waals surface area contributed by atoms with Crippen LogP contribution in [0, 0.1) is 5.82 Å². The van der Waals surface area contributed by atoms with Crippen molar-refractivity contribution in [3.8, 4) is 0 Å². The molecule has 1 amide bonds. The second-order valence-corrected chi connectivity index (χ2v) is 9.19. The van der Waals surface area contributed by atoms with Crippen LogP contribution in [0.25, 0.3) is 0 Å². The standard InChI is InChI=1S/C22H29FN2O3S/c1-4-18(2)25(17-19-9-6-5-7-10-19)22(26)11-8-16-24(3)29(27,28)21-14-12-20(23)13-15-21/h5-7,9-10,12-15,18H,4,8,11,16-17H2,1-3H3. The fraction of sp³-hybridized carbons (Fsp3) is 0.409. The van der Waals surface area contributed by atoms with E-state index in [-0.39, 0.29) is 29.8 Å². The summed E-state index contributed by atoms with van der Waals surface area (Å²) < 4.78 is 39.4. The minimum atomic E-state index is -3.70. The highest BCUT2D eigenvalue weighted by Gasteiger charge is 2.22. The Morgan fingerprint density at radius 2 is 1.69 bits per heavy atom. The quantitative estimate of drug-likeness (QED) is 0.583. The lowest BCUT2D eigenvalue weighted by Gasteiger charge is -2.29. The molecule has 0 aliphatic carbocycles. The predicted octanol–water partition coefficient (Wildman–Crippen LogP) is 4.05. The Kier molecular flexibility index (Phi) is 8.34. The monoisotopic (exact) mass is 420 g/mol. The Hall–Kier alpha value is -2.25. The van der Waals surface area contributed by atoms with Crippen molar-refractivity contribution in [3.05, 3.63) is 66.0 Å². The number of sulfonamides is 1. The molecule has 0 spiro atoms. The van der Waals surface area contributed by atoms with Gasteiger partial charge in [-0.15, -0.1) is 0 Å². The van der Waals surface area contributed by atoms with Crippen molar-refractivity contribution < 1.29 is 17.6 Å². The maximum atomic E-state index is 13.0. The van der Waals surface area contributed by atoms with Crippen molar-refractivity contribution in [2.45, 2.75) is 50.6 Å². The Labute approximate surface area is 173 Å². The highest BCUT2D eigenvalue weighted by Crippen LogP contribution is 2.17. The van der Waals surface area contributed by atoms with Gasteiger partial charge in [0.15, 0.2) is 0 Å². The van der Waals surface area contributed by atoms with Crippen molar-refractivity contribution in [3.63, 3.8) is 0 Å². The summed E-state index contributed by atoms with van der Waals surface area (Å²) in [7, 11) is -2.23. The molecule has 158 valence electrons. The Balaban J connectivity index is 1.96. The number of benzene rings is 2. The summed E-state index contributed by atoms with van der Waals surface area (Å²) in [6.07, 6.45) is 1.52. The minimum Gasteiger partial charge on any atom is -0.336 e. The van der Waals surface area contributed by atoms with Crippen LogP contribution >= 0.6 is 0 Å². The minimum absolute atomic E-state index is 0.00998. The first-order valence-corrected chi connectivity index (χ1v) is 11.2. The summed E-state index contributed by atoms with van der Waals surface area (Å²) in [6, 6.07) is 14.7. The topological polar surface area (TPSA) is 57.7 Å². The molecule has 0 saturated carbocycles. The van der Waals surface area contributed by atoms with Gasteiger partial charge in [-0.05, 0) is 49.6 Å². The molecule has 0 heterocycles. The van der Waals surface area contributed by atoms with Crippen LogP contribution in [-0.4, -0.2) is 43.2 Å². The molecular weight excluding hydrogens is 391 g/mol. The fourth-order valence-corrected chi connectivity index (χ4v) is 4.20. The zero-order valence-electron chi connectivity index (χ0n) is 17.2. The van der Waals surface area contributed by atoms with E-state index >= 15 is 0 Å². The molecule has 5 nitrogen and oxygen atoms in total. The molecule has 2 aromatic carbocycles. The molecule has 0 aromatic heterocycles. The van der Waals surface area contributed by atoms with Crippen molar-refractivity contribution in [2.24, 2.45) is 0 Å². The molecule has 1 atom stereocenters. The molecule has 0 fully saturated rings. The molecule has 2 aromatic rings. The van der Waals surface area contributed by atoms with Gasteiger partial charge in [0.2, 0.25) is 15.9 Å². The van der Waals surface area contributed by atoms with E-state index in [9.17, 15) is 17.6 Å². The van der Waals surface area contributed by atoms with Crippen LogP contribution in [0.2, 0.25) is 0 Å². The summed E-state index contributed by atoms with van der Waals surface area (Å²) in [6.45, 7) is 4.81. The van der Waals surface area contributed by atoms with E-state index in [0.29, 0.717) is 13.0 Å². The molecule has 0 radical (unpaired) electrons. The van der Waals surface area contributed by atoms with Gasteiger partial charge in [-0.3, -0.25) is 4.79 Å². The molecule has 7 heteroatoms. The van der Waals surface area contributed by atoms with Gasteiger partial charge in [0, 0.05) is 32.6 Å². The smallest absolute Gasteiger partial charge is 0.242 e. The number of rotatable bonds is 10. The number of amides is 1. The number of hydrogen-bond acceptors (Lipinski definition) is 3. The summed E-state index contributed by atoms with van der Waals surface area (Å²) >= 11 is 0. The SMILES string of the molecule is CCC(C)N(Cc1ccccc1)C(=O)CCCN(C)S(=O)(=O)c1ccc(F)cc1. The van der Waals surface area contributed by atoms with E-state index in [1.165, 1.54) is 23.5 Å². The van der Waals surface area contributed by atoms with Crippen molar-refractivity contribution in [1.82, 2.24) is 9.21 Å². The molecule has 0 aliphatic rings. The van der Waals surface area contributed by atoms with Crippen molar-refractivity contribution >= 4 is 15.9 Å². The first-order chi connectivity index (χ1) is 13.8. The zero-order chi connectivity index (χ0) is 21.4. The predicted molar refractivity (Wildman–Crippen MR) is 112 cm³/mol. The van der Waals surface area contributed by atoms with Gasteiger partial charge in [0.1, 0.15) is 5.82 Å². The van der Waals surface area contributed by atoms with Crippen LogP contribution in [0.5, 0.6) is 0 Å².